The normalized spacial score (nSPS) is 11.3. The molecule has 72 valence electrons. The van der Waals surface area contributed by atoms with Crippen LogP contribution in [0.2, 0.25) is 0 Å². The number of aromatic nitrogens is 2. The third-order valence-corrected chi connectivity index (χ3v) is 2.99. The molecule has 2 nitrogen and oxygen atoms in total. The van der Waals surface area contributed by atoms with Crippen LogP contribution in [0, 0.1) is 0 Å². The Morgan fingerprint density at radius 2 is 2.46 bits per heavy atom. The number of imidazole rings is 1. The van der Waals surface area contributed by atoms with Gasteiger partial charge in [0.25, 0.3) is 0 Å². The lowest BCUT2D eigenvalue weighted by Gasteiger charge is -2.00. The average Bonchev–Trinajstić information content (AvgIpc) is 2.48. The van der Waals surface area contributed by atoms with Gasteiger partial charge in [-0.1, -0.05) is 23.9 Å². The third-order valence-electron chi connectivity index (χ3n) is 1.72. The smallest absolute Gasteiger partial charge is 0.168 e. The molecule has 0 radical (unpaired) electrons. The fourth-order valence-electron chi connectivity index (χ4n) is 0.903. The van der Waals surface area contributed by atoms with Crippen molar-refractivity contribution in [3.63, 3.8) is 0 Å². The van der Waals surface area contributed by atoms with Crippen molar-refractivity contribution in [3.05, 3.63) is 24.0 Å². The van der Waals surface area contributed by atoms with E-state index in [-0.39, 0.29) is 0 Å². The molecule has 1 rings (SSSR count). The lowest BCUT2D eigenvalue weighted by Crippen LogP contribution is -1.95. The minimum Gasteiger partial charge on any atom is -0.325 e. The van der Waals surface area contributed by atoms with Gasteiger partial charge in [-0.3, -0.25) is 0 Å². The molecular weight excluding hydrogens is 204 g/mol. The van der Waals surface area contributed by atoms with Gasteiger partial charge in [0.15, 0.2) is 5.16 Å². The quantitative estimate of drug-likeness (QED) is 0.438. The Labute approximate surface area is 88.0 Å². The molecule has 0 unspecified atom stereocenters. The van der Waals surface area contributed by atoms with Crippen molar-refractivity contribution >= 4 is 23.4 Å². The van der Waals surface area contributed by atoms with E-state index in [2.05, 4.69) is 11.1 Å². The Hall–Kier alpha value is -0.410. The van der Waals surface area contributed by atoms with Crippen molar-refractivity contribution in [1.29, 1.82) is 0 Å². The Kier molecular flexibility index (Phi) is 4.39. The molecule has 0 spiro atoms. The highest BCUT2D eigenvalue weighted by Gasteiger charge is 2.04. The largest absolute Gasteiger partial charge is 0.325 e. The van der Waals surface area contributed by atoms with E-state index < -0.39 is 0 Å². The number of nitrogens with zero attached hydrogens (tertiary/aromatic N) is 2. The molecule has 1 heterocycles. The summed E-state index contributed by atoms with van der Waals surface area (Å²) in [5.74, 6) is 1.48. The highest BCUT2D eigenvalue weighted by molar-refractivity contribution is 7.99. The second kappa shape index (κ2) is 5.35. The predicted molar refractivity (Wildman–Crippen MR) is 58.3 cm³/mol. The summed E-state index contributed by atoms with van der Waals surface area (Å²) in [5.41, 5.74) is 1.06. The summed E-state index contributed by atoms with van der Waals surface area (Å²) in [5, 5.41) is 1.02. The van der Waals surface area contributed by atoms with Crippen LogP contribution in [0.25, 0.3) is 0 Å². The number of hydrogen-bond acceptors (Lipinski definition) is 2. The maximum Gasteiger partial charge on any atom is 0.168 e. The van der Waals surface area contributed by atoms with Crippen molar-refractivity contribution in [2.24, 2.45) is 7.05 Å². The summed E-state index contributed by atoms with van der Waals surface area (Å²) in [6.07, 6.45) is 5.98. The van der Waals surface area contributed by atoms with Crippen LogP contribution in [0.15, 0.2) is 23.5 Å². The first-order valence-corrected chi connectivity index (χ1v) is 5.62. The maximum absolute atomic E-state index is 5.72. The Morgan fingerprint density at radius 1 is 1.69 bits per heavy atom. The zero-order valence-electron chi connectivity index (χ0n) is 7.83. The van der Waals surface area contributed by atoms with Crippen LogP contribution in [0.4, 0.5) is 0 Å². The van der Waals surface area contributed by atoms with E-state index in [4.69, 9.17) is 11.6 Å². The van der Waals surface area contributed by atoms with Crippen molar-refractivity contribution in [2.75, 3.05) is 5.75 Å². The van der Waals surface area contributed by atoms with Gasteiger partial charge in [0.2, 0.25) is 0 Å². The first-order chi connectivity index (χ1) is 6.29. The topological polar surface area (TPSA) is 17.8 Å². The third kappa shape index (κ3) is 2.78. The second-order valence-electron chi connectivity index (χ2n) is 2.60. The summed E-state index contributed by atoms with van der Waals surface area (Å²) < 4.78 is 2.03. The van der Waals surface area contributed by atoms with Crippen LogP contribution in [0.5, 0.6) is 0 Å². The molecule has 0 fully saturated rings. The predicted octanol–water partition coefficient (Wildman–Crippen LogP) is 2.83. The van der Waals surface area contributed by atoms with Crippen LogP contribution in [-0.2, 0) is 12.9 Å². The van der Waals surface area contributed by atoms with Crippen LogP contribution < -0.4 is 0 Å². The van der Waals surface area contributed by atoms with E-state index in [9.17, 15) is 0 Å². The number of halogens is 1. The zero-order chi connectivity index (χ0) is 9.68. The molecule has 0 aliphatic carbocycles. The lowest BCUT2D eigenvalue weighted by atomic mass is 10.5. The molecule has 0 atom stereocenters. The molecule has 0 aliphatic rings. The van der Waals surface area contributed by atoms with Gasteiger partial charge in [-0.25, -0.2) is 4.98 Å². The van der Waals surface area contributed by atoms with Gasteiger partial charge in [-0.05, 0) is 6.92 Å². The van der Waals surface area contributed by atoms with Gasteiger partial charge in [-0.2, -0.15) is 0 Å². The molecule has 1 aromatic rings. The SMILES string of the molecule is C/C=C/CSc1ncc(CCl)n1C. The van der Waals surface area contributed by atoms with Crippen molar-refractivity contribution in [1.82, 2.24) is 9.55 Å². The summed E-state index contributed by atoms with van der Waals surface area (Å²) in [6.45, 7) is 2.02. The summed E-state index contributed by atoms with van der Waals surface area (Å²) >= 11 is 7.44. The second-order valence-corrected chi connectivity index (χ2v) is 3.86. The molecule has 0 bridgehead atoms. The van der Waals surface area contributed by atoms with Gasteiger partial charge in [-0.15, -0.1) is 11.6 Å². The van der Waals surface area contributed by atoms with E-state index in [1.807, 2.05) is 30.8 Å². The Bertz CT molecular complexity index is 294. The molecule has 0 saturated carbocycles. The number of hydrogen-bond donors (Lipinski definition) is 0. The number of allylic oxidation sites excluding steroid dienone is 1. The zero-order valence-corrected chi connectivity index (χ0v) is 9.40. The van der Waals surface area contributed by atoms with Crippen molar-refractivity contribution in [2.45, 2.75) is 18.0 Å². The van der Waals surface area contributed by atoms with E-state index in [1.54, 1.807) is 11.8 Å². The van der Waals surface area contributed by atoms with E-state index >= 15 is 0 Å². The number of alkyl halides is 1. The minimum atomic E-state index is 0.522. The molecule has 4 heteroatoms. The Morgan fingerprint density at radius 3 is 3.00 bits per heavy atom. The lowest BCUT2D eigenvalue weighted by molar-refractivity contribution is 0.762. The molecule has 0 aromatic carbocycles. The van der Waals surface area contributed by atoms with Crippen LogP contribution >= 0.6 is 23.4 Å². The van der Waals surface area contributed by atoms with Crippen LogP contribution in [-0.4, -0.2) is 15.3 Å². The van der Waals surface area contributed by atoms with Gasteiger partial charge in [0.05, 0.1) is 17.8 Å². The average molecular weight is 217 g/mol. The summed E-state index contributed by atoms with van der Waals surface area (Å²) in [4.78, 5) is 4.27. The molecule has 0 saturated heterocycles. The van der Waals surface area contributed by atoms with Crippen LogP contribution in [0.1, 0.15) is 12.6 Å². The molecular formula is C9H13ClN2S. The van der Waals surface area contributed by atoms with E-state index in [0.29, 0.717) is 5.88 Å². The van der Waals surface area contributed by atoms with Crippen molar-refractivity contribution in [3.8, 4) is 0 Å². The molecule has 0 N–H and O–H groups in total. The monoisotopic (exact) mass is 216 g/mol. The maximum atomic E-state index is 5.72. The molecule has 13 heavy (non-hydrogen) atoms. The molecule has 1 aromatic heterocycles. The Balaban J connectivity index is 2.61. The highest BCUT2D eigenvalue weighted by atomic mass is 35.5. The first-order valence-electron chi connectivity index (χ1n) is 4.10. The summed E-state index contributed by atoms with van der Waals surface area (Å²) in [7, 11) is 1.99. The molecule has 0 aliphatic heterocycles. The number of thioether (sulfide) groups is 1. The minimum absolute atomic E-state index is 0.522. The first kappa shape index (κ1) is 10.7. The van der Waals surface area contributed by atoms with Crippen molar-refractivity contribution < 1.29 is 0 Å². The van der Waals surface area contributed by atoms with Crippen LogP contribution in [0.3, 0.4) is 0 Å². The van der Waals surface area contributed by atoms with Gasteiger partial charge in [0.1, 0.15) is 0 Å². The van der Waals surface area contributed by atoms with E-state index in [0.717, 1.165) is 16.6 Å². The van der Waals surface area contributed by atoms with Gasteiger partial charge in [0, 0.05) is 12.8 Å². The van der Waals surface area contributed by atoms with E-state index in [1.165, 1.54) is 0 Å². The van der Waals surface area contributed by atoms with Gasteiger partial charge < -0.3 is 4.57 Å². The highest BCUT2D eigenvalue weighted by Crippen LogP contribution is 2.17. The standard InChI is InChI=1S/C9H13ClN2S/c1-3-4-5-13-9-11-7-8(6-10)12(9)2/h3-4,7H,5-6H2,1-2H3/b4-3+. The van der Waals surface area contributed by atoms with Gasteiger partial charge >= 0.3 is 0 Å². The fourth-order valence-corrected chi connectivity index (χ4v) is 2.03. The molecule has 0 amide bonds. The fraction of sp³-hybridized carbons (Fsp3) is 0.444. The number of rotatable bonds is 4. The summed E-state index contributed by atoms with van der Waals surface area (Å²) in [6, 6.07) is 0.